The van der Waals surface area contributed by atoms with Crippen molar-refractivity contribution in [2.75, 3.05) is 18.6 Å². The largest absolute Gasteiger partial charge is 0.496 e. The monoisotopic (exact) mass is 358 g/mol. The highest BCUT2D eigenvalue weighted by atomic mass is 79.9. The Hall–Kier alpha value is -2.16. The van der Waals surface area contributed by atoms with Gasteiger partial charge in [-0.1, -0.05) is 0 Å². The highest BCUT2D eigenvalue weighted by Crippen LogP contribution is 2.41. The van der Waals surface area contributed by atoms with E-state index in [-0.39, 0.29) is 30.1 Å². The molecule has 1 fully saturated rings. The summed E-state index contributed by atoms with van der Waals surface area (Å²) >= 11 is 3.18. The fraction of sp³-hybridized carbons (Fsp3) is 0.333. The van der Waals surface area contributed by atoms with Crippen LogP contribution >= 0.6 is 15.9 Å². The van der Waals surface area contributed by atoms with Crippen LogP contribution in [-0.2, 0) is 9.59 Å². The Bertz CT molecular complexity index is 632. The van der Waals surface area contributed by atoms with Crippen LogP contribution in [0.5, 0.6) is 5.75 Å². The van der Waals surface area contributed by atoms with Gasteiger partial charge in [0.05, 0.1) is 28.5 Å². The zero-order chi connectivity index (χ0) is 15.7. The lowest BCUT2D eigenvalue weighted by atomic mass is 10.1. The second kappa shape index (κ2) is 5.68. The van der Waals surface area contributed by atoms with Crippen molar-refractivity contribution < 1.29 is 24.4 Å². The maximum absolute atomic E-state index is 12.0. The van der Waals surface area contributed by atoms with Gasteiger partial charge in [0.25, 0.3) is 5.69 Å². The van der Waals surface area contributed by atoms with E-state index in [1.807, 2.05) is 0 Å². The van der Waals surface area contributed by atoms with E-state index in [9.17, 15) is 19.7 Å². The number of rotatable bonds is 4. The Labute approximate surface area is 127 Å². The Kier molecular flexibility index (Phi) is 4.12. The molecule has 0 saturated carbocycles. The van der Waals surface area contributed by atoms with Gasteiger partial charge in [0, 0.05) is 13.0 Å². The van der Waals surface area contributed by atoms with Crippen molar-refractivity contribution in [1.29, 1.82) is 0 Å². The molecule has 1 atom stereocenters. The smallest absolute Gasteiger partial charge is 0.308 e. The average Bonchev–Trinajstić information content (AvgIpc) is 2.79. The molecular formula is C12H11BrN2O6. The van der Waals surface area contributed by atoms with Crippen LogP contribution in [0.1, 0.15) is 6.42 Å². The molecule has 8 nitrogen and oxygen atoms in total. The van der Waals surface area contributed by atoms with Gasteiger partial charge in [0.1, 0.15) is 11.4 Å². The van der Waals surface area contributed by atoms with E-state index in [1.165, 1.54) is 19.2 Å². The van der Waals surface area contributed by atoms with Gasteiger partial charge in [-0.3, -0.25) is 19.7 Å². The zero-order valence-electron chi connectivity index (χ0n) is 10.9. The summed E-state index contributed by atoms with van der Waals surface area (Å²) < 4.78 is 5.26. The van der Waals surface area contributed by atoms with E-state index in [4.69, 9.17) is 9.84 Å². The van der Waals surface area contributed by atoms with Crippen molar-refractivity contribution >= 4 is 39.2 Å². The molecule has 1 heterocycles. The molecule has 1 saturated heterocycles. The normalized spacial score (nSPS) is 17.9. The first-order valence-electron chi connectivity index (χ1n) is 5.90. The highest BCUT2D eigenvalue weighted by molar-refractivity contribution is 9.10. The summed E-state index contributed by atoms with van der Waals surface area (Å²) in [7, 11) is 1.37. The van der Waals surface area contributed by atoms with E-state index < -0.39 is 22.7 Å². The van der Waals surface area contributed by atoms with E-state index in [2.05, 4.69) is 15.9 Å². The lowest BCUT2D eigenvalue weighted by Gasteiger charge is -2.18. The van der Waals surface area contributed by atoms with Crippen LogP contribution in [0.4, 0.5) is 11.4 Å². The van der Waals surface area contributed by atoms with Crippen LogP contribution in [0.15, 0.2) is 16.6 Å². The summed E-state index contributed by atoms with van der Waals surface area (Å²) in [4.78, 5) is 34.6. The maximum Gasteiger partial charge on any atom is 0.308 e. The van der Waals surface area contributed by atoms with E-state index in [1.54, 1.807) is 0 Å². The van der Waals surface area contributed by atoms with Crippen LogP contribution < -0.4 is 9.64 Å². The van der Waals surface area contributed by atoms with Crippen LogP contribution in [0.2, 0.25) is 0 Å². The number of nitrogens with zero attached hydrogens (tertiary/aromatic N) is 2. The van der Waals surface area contributed by atoms with Gasteiger partial charge in [-0.05, 0) is 22.0 Å². The maximum atomic E-state index is 12.0. The van der Waals surface area contributed by atoms with Crippen LogP contribution in [0.3, 0.4) is 0 Å². The Morgan fingerprint density at radius 3 is 2.71 bits per heavy atom. The second-order valence-electron chi connectivity index (χ2n) is 4.48. The third-order valence-electron chi connectivity index (χ3n) is 3.19. The summed E-state index contributed by atoms with van der Waals surface area (Å²) in [5, 5.41) is 20.2. The number of hydrogen-bond donors (Lipinski definition) is 1. The number of ether oxygens (including phenoxy) is 1. The molecule has 1 unspecified atom stereocenters. The van der Waals surface area contributed by atoms with Gasteiger partial charge < -0.3 is 14.7 Å². The van der Waals surface area contributed by atoms with Crippen LogP contribution in [0, 0.1) is 16.0 Å². The number of aliphatic carboxylic acids is 1. The highest BCUT2D eigenvalue weighted by Gasteiger charge is 2.39. The summed E-state index contributed by atoms with van der Waals surface area (Å²) in [6.45, 7) is -0.0973. The van der Waals surface area contributed by atoms with Crippen molar-refractivity contribution in [3.8, 4) is 5.75 Å². The van der Waals surface area contributed by atoms with Crippen molar-refractivity contribution in [3.05, 3.63) is 26.7 Å². The molecular weight excluding hydrogens is 348 g/mol. The van der Waals surface area contributed by atoms with Gasteiger partial charge in [-0.2, -0.15) is 0 Å². The van der Waals surface area contributed by atoms with Gasteiger partial charge >= 0.3 is 5.97 Å². The SMILES string of the molecule is COc1cc(Br)c(N2CC(C(=O)O)CC2=O)c([N+](=O)[O-])c1. The fourth-order valence-corrected chi connectivity index (χ4v) is 2.82. The molecule has 9 heteroatoms. The Morgan fingerprint density at radius 1 is 1.57 bits per heavy atom. The van der Waals surface area contributed by atoms with E-state index in [0.29, 0.717) is 4.47 Å². The molecule has 1 aliphatic rings. The third kappa shape index (κ3) is 2.82. The first-order chi connectivity index (χ1) is 9.85. The molecule has 112 valence electrons. The van der Waals surface area contributed by atoms with Gasteiger partial charge in [0.2, 0.25) is 5.91 Å². The lowest BCUT2D eigenvalue weighted by molar-refractivity contribution is -0.384. The minimum Gasteiger partial charge on any atom is -0.496 e. The molecule has 21 heavy (non-hydrogen) atoms. The molecule has 1 N–H and O–H groups in total. The molecule has 0 bridgehead atoms. The Morgan fingerprint density at radius 2 is 2.24 bits per heavy atom. The number of methoxy groups -OCH3 is 1. The van der Waals surface area contributed by atoms with Gasteiger partial charge in [0.15, 0.2) is 0 Å². The number of hydrogen-bond acceptors (Lipinski definition) is 5. The number of carboxylic acid groups (broad SMARTS) is 1. The Balaban J connectivity index is 2.51. The summed E-state index contributed by atoms with van der Waals surface area (Å²) in [5.41, 5.74) is -0.268. The van der Waals surface area contributed by atoms with E-state index in [0.717, 1.165) is 4.90 Å². The standard InChI is InChI=1S/C12H11BrN2O6/c1-21-7-3-8(13)11(9(4-7)15(19)20)14-5-6(12(17)18)2-10(14)16/h3-4,6H,2,5H2,1H3,(H,17,18). The minimum absolute atomic E-state index is 0.0505. The molecule has 0 spiro atoms. The number of nitro groups is 1. The van der Waals surface area contributed by atoms with Gasteiger partial charge in [-0.15, -0.1) is 0 Å². The number of amides is 1. The number of anilines is 1. The minimum atomic E-state index is -1.10. The average molecular weight is 359 g/mol. The quantitative estimate of drug-likeness (QED) is 0.648. The van der Waals surface area contributed by atoms with Crippen molar-refractivity contribution in [3.63, 3.8) is 0 Å². The molecule has 1 aromatic carbocycles. The van der Waals surface area contributed by atoms with E-state index >= 15 is 0 Å². The molecule has 1 amide bonds. The first kappa shape index (κ1) is 15.2. The predicted octanol–water partition coefficient (Wildman–Crippen LogP) is 1.80. The van der Waals surface area contributed by atoms with Crippen LogP contribution in [0.25, 0.3) is 0 Å². The number of halogens is 1. The molecule has 0 aromatic heterocycles. The van der Waals surface area contributed by atoms with Crippen molar-refractivity contribution in [2.45, 2.75) is 6.42 Å². The molecule has 1 aliphatic heterocycles. The summed E-state index contributed by atoms with van der Waals surface area (Å²) in [6.07, 6.45) is -0.176. The molecule has 0 aliphatic carbocycles. The fourth-order valence-electron chi connectivity index (χ4n) is 2.17. The van der Waals surface area contributed by atoms with Crippen LogP contribution in [-0.4, -0.2) is 35.6 Å². The number of carbonyl (C=O) groups is 2. The van der Waals surface area contributed by atoms with Gasteiger partial charge in [-0.25, -0.2) is 0 Å². The first-order valence-corrected chi connectivity index (χ1v) is 6.69. The molecule has 2 rings (SSSR count). The third-order valence-corrected chi connectivity index (χ3v) is 3.80. The number of benzene rings is 1. The number of carbonyl (C=O) groups excluding carboxylic acids is 1. The zero-order valence-corrected chi connectivity index (χ0v) is 12.5. The predicted molar refractivity (Wildman–Crippen MR) is 75.4 cm³/mol. The molecule has 1 aromatic rings. The van der Waals surface area contributed by atoms with Crippen molar-refractivity contribution in [1.82, 2.24) is 0 Å². The summed E-state index contributed by atoms with van der Waals surface area (Å²) in [5.74, 6) is -2.17. The lowest BCUT2D eigenvalue weighted by Crippen LogP contribution is -2.27. The number of nitro benzene ring substituents is 1. The van der Waals surface area contributed by atoms with Crippen molar-refractivity contribution in [2.24, 2.45) is 5.92 Å². The summed E-state index contributed by atoms with van der Waals surface area (Å²) in [6, 6.07) is 2.69. The second-order valence-corrected chi connectivity index (χ2v) is 5.33. The number of carboxylic acids is 1. The topological polar surface area (TPSA) is 110 Å². The molecule has 0 radical (unpaired) electrons.